The van der Waals surface area contributed by atoms with Gasteiger partial charge in [-0.3, -0.25) is 14.6 Å². The molecule has 2 heterocycles. The number of carbonyl (C=O) groups is 1. The van der Waals surface area contributed by atoms with Crippen molar-refractivity contribution in [2.75, 3.05) is 12.4 Å². The molecule has 5 atom stereocenters. The van der Waals surface area contributed by atoms with E-state index in [4.69, 9.17) is 4.74 Å². The van der Waals surface area contributed by atoms with Gasteiger partial charge in [-0.15, -0.1) is 0 Å². The highest BCUT2D eigenvalue weighted by Gasteiger charge is 2.56. The van der Waals surface area contributed by atoms with E-state index in [0.717, 1.165) is 23.1 Å². The maximum Gasteiger partial charge on any atom is 0.311 e. The third-order valence-electron chi connectivity index (χ3n) is 8.04. The third kappa shape index (κ3) is 4.35. The quantitative estimate of drug-likeness (QED) is 0.636. The van der Waals surface area contributed by atoms with Gasteiger partial charge in [0.15, 0.2) is 0 Å². The summed E-state index contributed by atoms with van der Waals surface area (Å²) in [6.45, 7) is 8.85. The van der Waals surface area contributed by atoms with Crippen molar-refractivity contribution >= 4 is 11.6 Å². The summed E-state index contributed by atoms with van der Waals surface area (Å²) in [7, 11) is 1.48. The van der Waals surface area contributed by atoms with E-state index in [1.165, 1.54) is 13.5 Å². The number of hydrogen-bond donors (Lipinski definition) is 2. The van der Waals surface area contributed by atoms with Crippen LogP contribution in [0.25, 0.3) is 0 Å². The van der Waals surface area contributed by atoms with Crippen LogP contribution in [-0.4, -0.2) is 33.8 Å². The summed E-state index contributed by atoms with van der Waals surface area (Å²) in [5.41, 5.74) is 1.55. The molecule has 2 N–H and O–H groups in total. The Morgan fingerprint density at radius 1 is 1.30 bits per heavy atom. The second-order valence-electron chi connectivity index (χ2n) is 10.1. The van der Waals surface area contributed by atoms with E-state index in [2.05, 4.69) is 41.5 Å². The number of ether oxygens (including phenoxy) is 1. The first kappa shape index (κ1) is 23.3. The Kier molecular flexibility index (Phi) is 6.45. The molecular weight excluding hydrogens is 418 g/mol. The van der Waals surface area contributed by atoms with Crippen LogP contribution in [0.3, 0.4) is 0 Å². The van der Waals surface area contributed by atoms with Gasteiger partial charge in [0.2, 0.25) is 11.7 Å². The topological polar surface area (TPSA) is 98.1 Å². The maximum absolute atomic E-state index is 13.0. The Bertz CT molecular complexity index is 1050. The fourth-order valence-corrected chi connectivity index (χ4v) is 5.82. The van der Waals surface area contributed by atoms with Gasteiger partial charge in [0.1, 0.15) is 12.2 Å². The SMILES string of the molecule is CCC(NC(=O)Cn1ncc(NC2C[C@H]3CC([C@H]2C)C3(C)C)c(OC)c1=O)c1ccncc1. The van der Waals surface area contributed by atoms with Gasteiger partial charge in [-0.25, -0.2) is 4.68 Å². The van der Waals surface area contributed by atoms with E-state index in [-0.39, 0.29) is 30.3 Å². The molecule has 8 nitrogen and oxygen atoms in total. The molecule has 0 radical (unpaired) electrons. The normalized spacial score (nSPS) is 26.1. The van der Waals surface area contributed by atoms with Crippen molar-refractivity contribution in [1.82, 2.24) is 20.1 Å². The van der Waals surface area contributed by atoms with Crippen molar-refractivity contribution in [2.24, 2.45) is 23.2 Å². The fraction of sp³-hybridized carbons (Fsp3) is 0.600. The molecule has 3 aliphatic rings. The Morgan fingerprint density at radius 2 is 2.03 bits per heavy atom. The largest absolute Gasteiger partial charge is 0.490 e. The fourth-order valence-electron chi connectivity index (χ4n) is 5.82. The summed E-state index contributed by atoms with van der Waals surface area (Å²) in [6, 6.07) is 3.88. The van der Waals surface area contributed by atoms with Crippen LogP contribution in [0.1, 0.15) is 58.6 Å². The molecule has 0 saturated heterocycles. The second-order valence-corrected chi connectivity index (χ2v) is 10.1. The summed E-state index contributed by atoms with van der Waals surface area (Å²) < 4.78 is 6.61. The lowest BCUT2D eigenvalue weighted by atomic mass is 9.45. The average Bonchev–Trinajstić information content (AvgIpc) is 2.80. The summed E-state index contributed by atoms with van der Waals surface area (Å²) in [5.74, 6) is 1.81. The zero-order chi connectivity index (χ0) is 23.8. The summed E-state index contributed by atoms with van der Waals surface area (Å²) in [4.78, 5) is 29.7. The molecule has 5 rings (SSSR count). The van der Waals surface area contributed by atoms with Gasteiger partial charge in [0.25, 0.3) is 0 Å². The van der Waals surface area contributed by atoms with Crippen molar-refractivity contribution in [1.29, 1.82) is 0 Å². The highest BCUT2D eigenvalue weighted by molar-refractivity contribution is 5.76. The van der Waals surface area contributed by atoms with Crippen LogP contribution in [0.4, 0.5) is 5.69 Å². The number of anilines is 1. The number of amides is 1. The molecular formula is C25H35N5O3. The van der Waals surface area contributed by atoms with Crippen LogP contribution in [0.5, 0.6) is 5.75 Å². The summed E-state index contributed by atoms with van der Waals surface area (Å²) in [5, 5.41) is 10.8. The van der Waals surface area contributed by atoms with Gasteiger partial charge < -0.3 is 15.4 Å². The number of hydrogen-bond acceptors (Lipinski definition) is 6. The van der Waals surface area contributed by atoms with Gasteiger partial charge >= 0.3 is 5.56 Å². The van der Waals surface area contributed by atoms with Gasteiger partial charge in [-0.1, -0.05) is 27.7 Å². The lowest BCUT2D eigenvalue weighted by molar-refractivity contribution is -0.122. The van der Waals surface area contributed by atoms with Crippen molar-refractivity contribution in [3.63, 3.8) is 0 Å². The summed E-state index contributed by atoms with van der Waals surface area (Å²) in [6.07, 6.45) is 8.09. The monoisotopic (exact) mass is 453 g/mol. The van der Waals surface area contributed by atoms with Crippen LogP contribution >= 0.6 is 0 Å². The van der Waals surface area contributed by atoms with Gasteiger partial charge in [0, 0.05) is 18.4 Å². The molecule has 2 aromatic heterocycles. The molecule has 0 aromatic carbocycles. The third-order valence-corrected chi connectivity index (χ3v) is 8.04. The Hall–Kier alpha value is -2.90. The summed E-state index contributed by atoms with van der Waals surface area (Å²) >= 11 is 0. The second kappa shape index (κ2) is 9.15. The first-order chi connectivity index (χ1) is 15.8. The molecule has 8 heteroatoms. The number of pyridine rings is 1. The number of nitrogens with zero attached hydrogens (tertiary/aromatic N) is 3. The molecule has 0 aliphatic heterocycles. The Labute approximate surface area is 195 Å². The number of rotatable bonds is 8. The number of fused-ring (bicyclic) bond motifs is 2. The minimum atomic E-state index is -0.413. The van der Waals surface area contributed by atoms with Crippen molar-refractivity contribution in [2.45, 2.75) is 65.6 Å². The lowest BCUT2D eigenvalue weighted by Crippen LogP contribution is -2.58. The van der Waals surface area contributed by atoms with E-state index in [1.807, 2.05) is 19.1 Å². The minimum absolute atomic E-state index is 0.150. The number of aromatic nitrogens is 3. The molecule has 178 valence electrons. The number of methoxy groups -OCH3 is 1. The van der Waals surface area contributed by atoms with E-state index in [1.54, 1.807) is 18.6 Å². The first-order valence-electron chi connectivity index (χ1n) is 11.9. The lowest BCUT2D eigenvalue weighted by Gasteiger charge is -2.62. The number of nitrogens with one attached hydrogen (secondary N) is 2. The van der Waals surface area contributed by atoms with Crippen molar-refractivity contribution in [3.05, 3.63) is 46.6 Å². The van der Waals surface area contributed by atoms with Crippen LogP contribution in [-0.2, 0) is 11.3 Å². The van der Waals surface area contributed by atoms with E-state index >= 15 is 0 Å². The number of carbonyl (C=O) groups excluding carboxylic acids is 1. The molecule has 3 fully saturated rings. The molecule has 1 amide bonds. The molecule has 3 unspecified atom stereocenters. The van der Waals surface area contributed by atoms with E-state index in [9.17, 15) is 9.59 Å². The predicted molar refractivity (Wildman–Crippen MR) is 127 cm³/mol. The van der Waals surface area contributed by atoms with Gasteiger partial charge in [-0.05, 0) is 60.1 Å². The smallest absolute Gasteiger partial charge is 0.311 e. The molecule has 0 spiro atoms. The highest BCUT2D eigenvalue weighted by atomic mass is 16.5. The van der Waals surface area contributed by atoms with E-state index in [0.29, 0.717) is 28.9 Å². The highest BCUT2D eigenvalue weighted by Crippen LogP contribution is 2.61. The van der Waals surface area contributed by atoms with Crippen LogP contribution < -0.4 is 20.9 Å². The molecule has 33 heavy (non-hydrogen) atoms. The molecule has 2 bridgehead atoms. The Morgan fingerprint density at radius 3 is 2.64 bits per heavy atom. The Balaban J connectivity index is 1.45. The first-order valence-corrected chi connectivity index (χ1v) is 11.9. The zero-order valence-corrected chi connectivity index (χ0v) is 20.2. The maximum atomic E-state index is 13.0. The molecule has 3 aliphatic carbocycles. The van der Waals surface area contributed by atoms with E-state index < -0.39 is 5.56 Å². The minimum Gasteiger partial charge on any atom is -0.490 e. The van der Waals surface area contributed by atoms with Crippen LogP contribution in [0, 0.1) is 23.2 Å². The average molecular weight is 454 g/mol. The van der Waals surface area contributed by atoms with Crippen molar-refractivity contribution < 1.29 is 9.53 Å². The van der Waals surface area contributed by atoms with Gasteiger partial charge in [-0.2, -0.15) is 5.10 Å². The molecule has 2 aromatic rings. The zero-order valence-electron chi connectivity index (χ0n) is 20.2. The van der Waals surface area contributed by atoms with Crippen LogP contribution in [0.15, 0.2) is 35.5 Å². The molecule has 3 saturated carbocycles. The van der Waals surface area contributed by atoms with Gasteiger partial charge in [0.05, 0.1) is 19.3 Å². The van der Waals surface area contributed by atoms with Crippen molar-refractivity contribution in [3.8, 4) is 5.75 Å². The predicted octanol–water partition coefficient (Wildman–Crippen LogP) is 3.40. The van der Waals surface area contributed by atoms with Crippen LogP contribution in [0.2, 0.25) is 0 Å². The standard InChI is InChI=1S/C25H35N5O3/c1-6-19(16-7-9-26-10-8-16)29-22(31)14-30-24(32)23(33-5)21(13-27-30)28-20-12-17-11-18(15(20)2)25(17,3)4/h7-10,13,15,17-20,28H,6,11-12,14H2,1-5H3,(H,29,31)/t15-,17-,18?,19?,20?/m1/s1.